The van der Waals surface area contributed by atoms with E-state index in [9.17, 15) is 9.18 Å². The lowest BCUT2D eigenvalue weighted by atomic mass is 10.2. The number of nitrogens with one attached hydrogen (secondary N) is 1. The van der Waals surface area contributed by atoms with Crippen molar-refractivity contribution in [3.8, 4) is 11.4 Å². The molecular weight excluding hydrogens is 439 g/mol. The summed E-state index contributed by atoms with van der Waals surface area (Å²) in [6.45, 7) is 2.16. The van der Waals surface area contributed by atoms with E-state index in [0.29, 0.717) is 28.2 Å². The van der Waals surface area contributed by atoms with Gasteiger partial charge in [-0.2, -0.15) is 0 Å². The van der Waals surface area contributed by atoms with Gasteiger partial charge in [0, 0.05) is 16.3 Å². The van der Waals surface area contributed by atoms with Crippen molar-refractivity contribution in [2.75, 3.05) is 5.32 Å². The zero-order valence-electron chi connectivity index (χ0n) is 16.5. The Morgan fingerprint density at radius 2 is 2.00 bits per heavy atom. The fourth-order valence-electron chi connectivity index (χ4n) is 2.91. The number of carbonyl (C=O) groups is 1. The maximum absolute atomic E-state index is 13.4. The van der Waals surface area contributed by atoms with Crippen LogP contribution in [-0.2, 0) is 11.3 Å². The third kappa shape index (κ3) is 5.15. The predicted octanol–water partition coefficient (Wildman–Crippen LogP) is 5.50. The standard InChI is InChI=1S/C22H18ClFN4O2S/c1-14(21(29)25-18-5-2-4-17(24)12-18)31-22-27-26-20(15-7-9-16(23)10-8-15)28(22)13-19-6-3-11-30-19/h2-12,14H,13H2,1H3,(H,25,29). The van der Waals surface area contributed by atoms with Gasteiger partial charge in [0.15, 0.2) is 11.0 Å². The van der Waals surface area contributed by atoms with Crippen LogP contribution in [0.25, 0.3) is 11.4 Å². The molecule has 0 aliphatic heterocycles. The second-order valence-corrected chi connectivity index (χ2v) is 8.48. The molecule has 2 aromatic carbocycles. The minimum absolute atomic E-state index is 0.267. The molecule has 31 heavy (non-hydrogen) atoms. The molecule has 1 atom stereocenters. The second kappa shape index (κ2) is 9.36. The minimum atomic E-state index is -0.499. The average Bonchev–Trinajstić information content (AvgIpc) is 3.40. The first-order chi connectivity index (χ1) is 15.0. The van der Waals surface area contributed by atoms with Crippen molar-refractivity contribution < 1.29 is 13.6 Å². The monoisotopic (exact) mass is 456 g/mol. The summed E-state index contributed by atoms with van der Waals surface area (Å²) in [5.41, 5.74) is 1.24. The lowest BCUT2D eigenvalue weighted by Gasteiger charge is -2.13. The molecule has 0 saturated heterocycles. The van der Waals surface area contributed by atoms with E-state index in [1.165, 1.54) is 23.9 Å². The number of hydrogen-bond acceptors (Lipinski definition) is 5. The summed E-state index contributed by atoms with van der Waals surface area (Å²) in [6, 6.07) is 16.7. The molecule has 0 aliphatic rings. The van der Waals surface area contributed by atoms with E-state index in [2.05, 4.69) is 15.5 Å². The predicted molar refractivity (Wildman–Crippen MR) is 119 cm³/mol. The SMILES string of the molecule is CC(Sc1nnc(-c2ccc(Cl)cc2)n1Cc1ccco1)C(=O)Nc1cccc(F)c1. The van der Waals surface area contributed by atoms with E-state index >= 15 is 0 Å². The van der Waals surface area contributed by atoms with Gasteiger partial charge in [0.2, 0.25) is 5.91 Å². The van der Waals surface area contributed by atoms with Crippen molar-refractivity contribution in [1.29, 1.82) is 0 Å². The molecule has 0 radical (unpaired) electrons. The van der Waals surface area contributed by atoms with Gasteiger partial charge in [-0.25, -0.2) is 4.39 Å². The smallest absolute Gasteiger partial charge is 0.237 e. The zero-order chi connectivity index (χ0) is 21.8. The zero-order valence-corrected chi connectivity index (χ0v) is 18.0. The molecular formula is C22H18ClFN4O2S. The third-order valence-corrected chi connectivity index (χ3v) is 5.79. The normalized spacial score (nSPS) is 12.0. The second-order valence-electron chi connectivity index (χ2n) is 6.74. The molecule has 0 saturated carbocycles. The Hall–Kier alpha value is -3.10. The topological polar surface area (TPSA) is 73.0 Å². The Bertz CT molecular complexity index is 1180. The summed E-state index contributed by atoms with van der Waals surface area (Å²) in [5, 5.41) is 12.0. The molecule has 0 bridgehead atoms. The minimum Gasteiger partial charge on any atom is -0.467 e. The molecule has 1 unspecified atom stereocenters. The third-order valence-electron chi connectivity index (χ3n) is 4.46. The van der Waals surface area contributed by atoms with Gasteiger partial charge in [0.05, 0.1) is 18.1 Å². The van der Waals surface area contributed by atoms with Crippen molar-refractivity contribution in [3.63, 3.8) is 0 Å². The number of benzene rings is 2. The number of amides is 1. The number of carbonyl (C=O) groups excluding carboxylic acids is 1. The van der Waals surface area contributed by atoms with Crippen LogP contribution in [0.4, 0.5) is 10.1 Å². The summed E-state index contributed by atoms with van der Waals surface area (Å²) in [6.07, 6.45) is 1.60. The van der Waals surface area contributed by atoms with Crippen molar-refractivity contribution >= 4 is 35.0 Å². The molecule has 1 N–H and O–H groups in total. The van der Waals surface area contributed by atoms with Crippen LogP contribution in [-0.4, -0.2) is 25.9 Å². The average molecular weight is 457 g/mol. The van der Waals surface area contributed by atoms with Crippen LogP contribution < -0.4 is 5.32 Å². The van der Waals surface area contributed by atoms with Crippen molar-refractivity contribution in [2.45, 2.75) is 23.9 Å². The summed E-state index contributed by atoms with van der Waals surface area (Å²) >= 11 is 7.27. The highest BCUT2D eigenvalue weighted by atomic mass is 35.5. The first-order valence-corrected chi connectivity index (χ1v) is 10.7. The van der Waals surface area contributed by atoms with Crippen LogP contribution in [0, 0.1) is 5.82 Å². The van der Waals surface area contributed by atoms with Crippen LogP contribution in [0.5, 0.6) is 0 Å². The highest BCUT2D eigenvalue weighted by Crippen LogP contribution is 2.29. The number of aromatic nitrogens is 3. The molecule has 6 nitrogen and oxygen atoms in total. The largest absolute Gasteiger partial charge is 0.467 e. The van der Waals surface area contributed by atoms with Gasteiger partial charge in [-0.05, 0) is 61.5 Å². The van der Waals surface area contributed by atoms with Crippen LogP contribution in [0.1, 0.15) is 12.7 Å². The molecule has 0 aliphatic carbocycles. The first kappa shape index (κ1) is 21.1. The molecule has 4 aromatic rings. The van der Waals surface area contributed by atoms with Gasteiger partial charge < -0.3 is 9.73 Å². The number of nitrogens with zero attached hydrogens (tertiary/aromatic N) is 3. The van der Waals surface area contributed by atoms with Crippen LogP contribution in [0.3, 0.4) is 0 Å². The van der Waals surface area contributed by atoms with E-state index in [1.54, 1.807) is 37.5 Å². The number of thioether (sulfide) groups is 1. The number of hydrogen-bond donors (Lipinski definition) is 1. The molecule has 4 rings (SSSR count). The maximum atomic E-state index is 13.4. The number of anilines is 1. The van der Waals surface area contributed by atoms with Gasteiger partial charge in [-0.15, -0.1) is 10.2 Å². The Balaban J connectivity index is 1.58. The highest BCUT2D eigenvalue weighted by Gasteiger charge is 2.22. The molecule has 2 aromatic heterocycles. The van der Waals surface area contributed by atoms with Crippen molar-refractivity contribution in [2.24, 2.45) is 0 Å². The maximum Gasteiger partial charge on any atom is 0.237 e. The lowest BCUT2D eigenvalue weighted by Crippen LogP contribution is -2.23. The van der Waals surface area contributed by atoms with Crippen molar-refractivity contribution in [3.05, 3.63) is 83.5 Å². The van der Waals surface area contributed by atoms with Gasteiger partial charge in [0.25, 0.3) is 0 Å². The molecule has 1 amide bonds. The van der Waals surface area contributed by atoms with Gasteiger partial charge in [-0.1, -0.05) is 29.4 Å². The quantitative estimate of drug-likeness (QED) is 0.372. The molecule has 2 heterocycles. The fourth-order valence-corrected chi connectivity index (χ4v) is 3.89. The number of furan rings is 1. The molecule has 0 spiro atoms. The summed E-state index contributed by atoms with van der Waals surface area (Å²) in [7, 11) is 0. The van der Waals surface area contributed by atoms with E-state index in [1.807, 2.05) is 28.8 Å². The van der Waals surface area contributed by atoms with E-state index in [-0.39, 0.29) is 5.91 Å². The van der Waals surface area contributed by atoms with Gasteiger partial charge in [0.1, 0.15) is 11.6 Å². The fraction of sp³-hybridized carbons (Fsp3) is 0.136. The van der Waals surface area contributed by atoms with E-state index in [4.69, 9.17) is 16.0 Å². The molecule has 9 heteroatoms. The van der Waals surface area contributed by atoms with E-state index in [0.717, 1.165) is 11.3 Å². The van der Waals surface area contributed by atoms with Crippen molar-refractivity contribution in [1.82, 2.24) is 14.8 Å². The van der Waals surface area contributed by atoms with Gasteiger partial charge in [-0.3, -0.25) is 9.36 Å². The van der Waals surface area contributed by atoms with E-state index < -0.39 is 11.1 Å². The molecule has 0 fully saturated rings. The lowest BCUT2D eigenvalue weighted by molar-refractivity contribution is -0.115. The Morgan fingerprint density at radius 3 is 2.71 bits per heavy atom. The highest BCUT2D eigenvalue weighted by molar-refractivity contribution is 8.00. The number of halogens is 2. The Morgan fingerprint density at radius 1 is 1.19 bits per heavy atom. The molecule has 158 valence electrons. The summed E-state index contributed by atoms with van der Waals surface area (Å²) in [5.74, 6) is 0.683. The summed E-state index contributed by atoms with van der Waals surface area (Å²) < 4.78 is 20.8. The Kier molecular flexibility index (Phi) is 6.39. The van der Waals surface area contributed by atoms with Crippen LogP contribution in [0.2, 0.25) is 5.02 Å². The Labute approximate surface area is 187 Å². The number of rotatable bonds is 7. The van der Waals surface area contributed by atoms with Crippen LogP contribution >= 0.6 is 23.4 Å². The first-order valence-electron chi connectivity index (χ1n) is 9.44. The van der Waals surface area contributed by atoms with Crippen LogP contribution in [0.15, 0.2) is 76.5 Å². The summed E-state index contributed by atoms with van der Waals surface area (Å²) in [4.78, 5) is 12.6. The van der Waals surface area contributed by atoms with Gasteiger partial charge >= 0.3 is 0 Å².